The van der Waals surface area contributed by atoms with Crippen LogP contribution in [0.4, 0.5) is 8.78 Å². The molecule has 1 aliphatic rings. The van der Waals surface area contributed by atoms with Gasteiger partial charge in [0.1, 0.15) is 6.10 Å². The summed E-state index contributed by atoms with van der Waals surface area (Å²) in [5, 5.41) is 19.0. The van der Waals surface area contributed by atoms with Gasteiger partial charge in [0.2, 0.25) is 0 Å². The second-order valence-corrected chi connectivity index (χ2v) is 3.68. The Morgan fingerprint density at radius 3 is 2.43 bits per heavy atom. The van der Waals surface area contributed by atoms with Gasteiger partial charge in [-0.15, -0.1) is 0 Å². The number of hydrogen-bond acceptors (Lipinski definition) is 2. The molecule has 2 nitrogen and oxygen atoms in total. The van der Waals surface area contributed by atoms with Crippen molar-refractivity contribution < 1.29 is 19.0 Å². The first-order valence-electron chi connectivity index (χ1n) is 4.26. The van der Waals surface area contributed by atoms with Gasteiger partial charge in [0.15, 0.2) is 5.60 Å². The van der Waals surface area contributed by atoms with Crippen LogP contribution >= 0.6 is 0 Å². The van der Waals surface area contributed by atoms with Crippen molar-refractivity contribution in [3.05, 3.63) is 35.4 Å². The smallest absolute Gasteiger partial charge is 0.309 e. The molecule has 2 atom stereocenters. The van der Waals surface area contributed by atoms with Crippen LogP contribution in [-0.2, 0) is 5.60 Å². The van der Waals surface area contributed by atoms with Crippen LogP contribution in [0.15, 0.2) is 24.3 Å². The maximum Gasteiger partial charge on any atom is 0.309 e. The molecular weight excluding hydrogens is 190 g/mol. The van der Waals surface area contributed by atoms with E-state index >= 15 is 0 Å². The summed E-state index contributed by atoms with van der Waals surface area (Å²) in [7, 11) is 0. The molecular formula is C10H10F2O2. The van der Waals surface area contributed by atoms with E-state index in [9.17, 15) is 19.0 Å². The fourth-order valence-corrected chi connectivity index (χ4v) is 1.82. The van der Waals surface area contributed by atoms with Crippen LogP contribution in [0.25, 0.3) is 0 Å². The average molecular weight is 200 g/mol. The number of benzene rings is 1. The van der Waals surface area contributed by atoms with Crippen molar-refractivity contribution in [3.8, 4) is 0 Å². The fourth-order valence-electron chi connectivity index (χ4n) is 1.82. The Labute approximate surface area is 79.8 Å². The van der Waals surface area contributed by atoms with E-state index in [1.54, 1.807) is 12.1 Å². The van der Waals surface area contributed by atoms with Crippen molar-refractivity contribution in [1.82, 2.24) is 0 Å². The summed E-state index contributed by atoms with van der Waals surface area (Å²) in [6, 6.07) is 5.91. The molecule has 0 unspecified atom stereocenters. The van der Waals surface area contributed by atoms with E-state index in [0.29, 0.717) is 0 Å². The predicted molar refractivity (Wildman–Crippen MR) is 45.9 cm³/mol. The number of aliphatic hydroxyl groups excluding tert-OH is 1. The Bertz CT molecular complexity index is 374. The molecule has 0 radical (unpaired) electrons. The van der Waals surface area contributed by atoms with Crippen molar-refractivity contribution in [1.29, 1.82) is 0 Å². The minimum absolute atomic E-state index is 0.0949. The topological polar surface area (TPSA) is 40.5 Å². The first kappa shape index (κ1) is 9.55. The molecule has 0 fully saturated rings. The normalized spacial score (nSPS) is 34.2. The quantitative estimate of drug-likeness (QED) is 0.667. The number of fused-ring (bicyclic) bond motifs is 1. The van der Waals surface area contributed by atoms with Crippen molar-refractivity contribution >= 4 is 0 Å². The molecule has 0 bridgehead atoms. The number of hydrogen-bond donors (Lipinski definition) is 2. The van der Waals surface area contributed by atoms with E-state index < -0.39 is 17.6 Å². The average Bonchev–Trinajstić information content (AvgIpc) is 2.27. The van der Waals surface area contributed by atoms with Gasteiger partial charge in [-0.25, -0.2) is 0 Å². The lowest BCUT2D eigenvalue weighted by Crippen LogP contribution is -2.41. The number of halogens is 2. The van der Waals surface area contributed by atoms with Crippen molar-refractivity contribution in [2.75, 3.05) is 0 Å². The molecule has 0 aliphatic heterocycles. The Balaban J connectivity index is 2.68. The zero-order valence-corrected chi connectivity index (χ0v) is 7.54. The highest BCUT2D eigenvalue weighted by Crippen LogP contribution is 2.53. The number of aliphatic hydroxyl groups is 2. The molecule has 0 saturated carbocycles. The van der Waals surface area contributed by atoms with Crippen LogP contribution in [-0.4, -0.2) is 16.1 Å². The minimum Gasteiger partial charge on any atom is -0.382 e. The molecule has 76 valence electrons. The number of alkyl halides is 2. The predicted octanol–water partition coefficient (Wildman–Crippen LogP) is 1.58. The lowest BCUT2D eigenvalue weighted by Gasteiger charge is -2.27. The Kier molecular flexibility index (Phi) is 1.72. The first-order chi connectivity index (χ1) is 6.39. The lowest BCUT2D eigenvalue weighted by molar-refractivity contribution is -0.215. The van der Waals surface area contributed by atoms with Crippen LogP contribution in [0.3, 0.4) is 0 Å². The SMILES string of the molecule is C[C@]1(O)c2ccccc2[C@H](O)C1(F)F. The zero-order chi connectivity index (χ0) is 10.6. The molecule has 0 saturated heterocycles. The molecule has 14 heavy (non-hydrogen) atoms. The van der Waals surface area contributed by atoms with Crippen LogP contribution in [0, 0.1) is 0 Å². The van der Waals surface area contributed by atoms with Gasteiger partial charge in [-0.3, -0.25) is 0 Å². The Morgan fingerprint density at radius 2 is 1.86 bits per heavy atom. The van der Waals surface area contributed by atoms with Crippen LogP contribution < -0.4 is 0 Å². The highest BCUT2D eigenvalue weighted by Gasteiger charge is 2.62. The third-order valence-corrected chi connectivity index (χ3v) is 2.77. The van der Waals surface area contributed by atoms with E-state index in [0.717, 1.165) is 6.92 Å². The van der Waals surface area contributed by atoms with Gasteiger partial charge in [0.05, 0.1) is 0 Å². The molecule has 4 heteroatoms. The van der Waals surface area contributed by atoms with Crippen molar-refractivity contribution in [2.24, 2.45) is 0 Å². The monoisotopic (exact) mass is 200 g/mol. The van der Waals surface area contributed by atoms with Gasteiger partial charge >= 0.3 is 5.92 Å². The van der Waals surface area contributed by atoms with E-state index in [1.807, 2.05) is 0 Å². The van der Waals surface area contributed by atoms with Crippen LogP contribution in [0.2, 0.25) is 0 Å². The molecule has 0 heterocycles. The number of rotatable bonds is 0. The van der Waals surface area contributed by atoms with Crippen molar-refractivity contribution in [2.45, 2.75) is 24.6 Å². The molecule has 0 amide bonds. The molecule has 1 aromatic carbocycles. The summed E-state index contributed by atoms with van der Waals surface area (Å²) in [6.45, 7) is 1.02. The maximum absolute atomic E-state index is 13.4. The summed E-state index contributed by atoms with van der Waals surface area (Å²) in [5.41, 5.74) is -2.09. The van der Waals surface area contributed by atoms with Gasteiger partial charge in [-0.05, 0) is 18.1 Å². The highest BCUT2D eigenvalue weighted by molar-refractivity contribution is 5.42. The summed E-state index contributed by atoms with van der Waals surface area (Å²) < 4.78 is 26.8. The third kappa shape index (κ3) is 0.898. The Morgan fingerprint density at radius 1 is 1.29 bits per heavy atom. The van der Waals surface area contributed by atoms with Crippen LogP contribution in [0.5, 0.6) is 0 Å². The zero-order valence-electron chi connectivity index (χ0n) is 7.54. The molecule has 0 spiro atoms. The van der Waals surface area contributed by atoms with Gasteiger partial charge in [-0.2, -0.15) is 8.78 Å². The summed E-state index contributed by atoms with van der Waals surface area (Å²) in [4.78, 5) is 0. The minimum atomic E-state index is -3.53. The van der Waals surface area contributed by atoms with Gasteiger partial charge in [0.25, 0.3) is 0 Å². The molecule has 2 rings (SSSR count). The molecule has 0 aromatic heterocycles. The largest absolute Gasteiger partial charge is 0.382 e. The maximum atomic E-state index is 13.4. The second kappa shape index (κ2) is 2.52. The third-order valence-electron chi connectivity index (χ3n) is 2.77. The molecule has 2 N–H and O–H groups in total. The second-order valence-electron chi connectivity index (χ2n) is 3.68. The van der Waals surface area contributed by atoms with E-state index in [4.69, 9.17) is 0 Å². The standard InChI is InChI=1S/C10H10F2O2/c1-9(14)7-5-3-2-4-6(7)8(13)10(9,11)12/h2-5,8,13-14H,1H3/t8-,9-/m0/s1. The first-order valence-corrected chi connectivity index (χ1v) is 4.26. The van der Waals surface area contributed by atoms with Crippen molar-refractivity contribution in [3.63, 3.8) is 0 Å². The molecule has 1 aromatic rings. The van der Waals surface area contributed by atoms with Crippen LogP contribution in [0.1, 0.15) is 24.2 Å². The van der Waals surface area contributed by atoms with E-state index in [-0.39, 0.29) is 11.1 Å². The van der Waals surface area contributed by atoms with Gasteiger partial charge in [-0.1, -0.05) is 24.3 Å². The molecule has 1 aliphatic carbocycles. The highest BCUT2D eigenvalue weighted by atomic mass is 19.3. The summed E-state index contributed by atoms with van der Waals surface area (Å²) in [6.07, 6.45) is -1.92. The Hall–Kier alpha value is -1.00. The summed E-state index contributed by atoms with van der Waals surface area (Å²) >= 11 is 0. The summed E-state index contributed by atoms with van der Waals surface area (Å²) in [5.74, 6) is -3.53. The van der Waals surface area contributed by atoms with Gasteiger partial charge < -0.3 is 10.2 Å². The van der Waals surface area contributed by atoms with Gasteiger partial charge in [0, 0.05) is 0 Å². The lowest BCUT2D eigenvalue weighted by atomic mass is 9.96. The van der Waals surface area contributed by atoms with E-state index in [2.05, 4.69) is 0 Å². The van der Waals surface area contributed by atoms with E-state index in [1.165, 1.54) is 12.1 Å². The fraction of sp³-hybridized carbons (Fsp3) is 0.400.